The molecule has 5 heteroatoms. The van der Waals surface area contributed by atoms with Crippen LogP contribution in [0.15, 0.2) is 72.8 Å². The summed E-state index contributed by atoms with van der Waals surface area (Å²) in [5, 5.41) is 4.70. The normalized spacial score (nSPS) is 14.9. The molecule has 201 valence electrons. The Morgan fingerprint density at radius 1 is 0.590 bits per heavy atom. The van der Waals surface area contributed by atoms with Crippen LogP contribution in [0.1, 0.15) is 52.4 Å². The highest BCUT2D eigenvalue weighted by molar-refractivity contribution is 6.22. The summed E-state index contributed by atoms with van der Waals surface area (Å²) in [6.45, 7) is 8.97. The van der Waals surface area contributed by atoms with Gasteiger partial charge in [0.15, 0.2) is 0 Å². The molecule has 39 heavy (non-hydrogen) atoms. The number of hydrogen-bond donors (Lipinski definition) is 0. The maximum absolute atomic E-state index is 6.16. The van der Waals surface area contributed by atoms with Gasteiger partial charge in [0, 0.05) is 59.1 Å². The summed E-state index contributed by atoms with van der Waals surface area (Å²) in [6, 6.07) is 25.8. The summed E-state index contributed by atoms with van der Waals surface area (Å²) in [6.07, 6.45) is 7.72. The molecule has 0 amide bonds. The minimum Gasteiger partial charge on any atom is -0.526 e. The van der Waals surface area contributed by atoms with Crippen LogP contribution in [0.25, 0.3) is 21.5 Å². The van der Waals surface area contributed by atoms with Crippen molar-refractivity contribution in [2.75, 3.05) is 36.0 Å². The zero-order chi connectivity index (χ0) is 26.6. The average molecular weight is 520 g/mol. The van der Waals surface area contributed by atoms with E-state index in [-0.39, 0.29) is 0 Å². The third-order valence-electron chi connectivity index (χ3n) is 8.09. The van der Waals surface area contributed by atoms with Gasteiger partial charge in [0.05, 0.1) is 0 Å². The topological polar surface area (TPSA) is 24.9 Å². The van der Waals surface area contributed by atoms with Gasteiger partial charge < -0.3 is 19.1 Å². The van der Waals surface area contributed by atoms with Crippen LogP contribution in [-0.4, -0.2) is 33.9 Å². The quantitative estimate of drug-likeness (QED) is 0.157. The molecule has 0 bridgehead atoms. The molecule has 0 N–H and O–H groups in total. The summed E-state index contributed by atoms with van der Waals surface area (Å²) < 4.78 is 12.3. The Kier molecular flexibility index (Phi) is 7.85. The monoisotopic (exact) mass is 519 g/mol. The van der Waals surface area contributed by atoms with Crippen molar-refractivity contribution in [1.82, 2.24) is 0 Å². The Morgan fingerprint density at radius 3 is 1.38 bits per heavy atom. The van der Waals surface area contributed by atoms with Crippen molar-refractivity contribution in [3.63, 3.8) is 0 Å². The number of anilines is 2. The van der Waals surface area contributed by atoms with Crippen LogP contribution in [0, 0.1) is 11.8 Å². The third kappa shape index (κ3) is 5.98. The lowest BCUT2D eigenvalue weighted by molar-refractivity contribution is 0.465. The molecule has 1 radical (unpaired) electrons. The van der Waals surface area contributed by atoms with Gasteiger partial charge in [0.25, 0.3) is 0 Å². The molecule has 0 heterocycles. The predicted molar refractivity (Wildman–Crippen MR) is 165 cm³/mol. The fourth-order valence-corrected chi connectivity index (χ4v) is 5.78. The summed E-state index contributed by atoms with van der Waals surface area (Å²) in [7, 11) is 1.49. The van der Waals surface area contributed by atoms with Crippen LogP contribution in [0.4, 0.5) is 11.4 Å². The molecule has 4 nitrogen and oxygen atoms in total. The van der Waals surface area contributed by atoms with Gasteiger partial charge in [0.2, 0.25) is 0 Å². The summed E-state index contributed by atoms with van der Waals surface area (Å²) in [5.41, 5.74) is 2.61. The minimum absolute atomic E-state index is 0.816. The van der Waals surface area contributed by atoms with Gasteiger partial charge in [-0.05, 0) is 74.6 Å². The Balaban J connectivity index is 1.21. The van der Waals surface area contributed by atoms with Crippen LogP contribution < -0.4 is 19.1 Å². The highest BCUT2D eigenvalue weighted by Crippen LogP contribution is 2.39. The molecule has 4 aromatic carbocycles. The lowest BCUT2D eigenvalue weighted by Crippen LogP contribution is -2.26. The van der Waals surface area contributed by atoms with Crippen molar-refractivity contribution in [1.29, 1.82) is 0 Å². The van der Waals surface area contributed by atoms with Gasteiger partial charge in [-0.2, -0.15) is 0 Å². The Hall–Kier alpha value is -3.34. The van der Waals surface area contributed by atoms with Gasteiger partial charge in [-0.3, -0.25) is 0 Å². The summed E-state index contributed by atoms with van der Waals surface area (Å²) in [4.78, 5) is 5.12. The number of benzene rings is 4. The zero-order valence-corrected chi connectivity index (χ0v) is 23.4. The molecule has 0 spiro atoms. The minimum atomic E-state index is 0.816. The number of fused-ring (bicyclic) bond motifs is 2. The molecule has 4 aromatic rings. The third-order valence-corrected chi connectivity index (χ3v) is 8.09. The van der Waals surface area contributed by atoms with E-state index in [4.69, 9.17) is 9.31 Å². The Morgan fingerprint density at radius 2 is 1.00 bits per heavy atom. The van der Waals surface area contributed by atoms with E-state index in [9.17, 15) is 0 Å². The first-order valence-corrected chi connectivity index (χ1v) is 14.9. The van der Waals surface area contributed by atoms with Crippen LogP contribution >= 0.6 is 0 Å². The molecule has 0 aromatic heterocycles. The van der Waals surface area contributed by atoms with Crippen molar-refractivity contribution in [2.24, 2.45) is 11.8 Å². The molecule has 0 atom stereocenters. The van der Waals surface area contributed by atoms with Crippen molar-refractivity contribution in [3.05, 3.63) is 72.8 Å². The second kappa shape index (κ2) is 11.8. The fourth-order valence-electron chi connectivity index (χ4n) is 5.78. The Labute approximate surface area is 234 Å². The van der Waals surface area contributed by atoms with Gasteiger partial charge in [0.1, 0.15) is 11.5 Å². The van der Waals surface area contributed by atoms with E-state index >= 15 is 0 Å². The maximum atomic E-state index is 6.16. The van der Waals surface area contributed by atoms with E-state index in [1.165, 1.54) is 55.5 Å². The van der Waals surface area contributed by atoms with Crippen molar-refractivity contribution in [2.45, 2.75) is 52.4 Å². The molecule has 2 saturated carbocycles. The number of hydrogen-bond acceptors (Lipinski definition) is 4. The van der Waals surface area contributed by atoms with E-state index in [0.29, 0.717) is 0 Å². The van der Waals surface area contributed by atoms with E-state index in [1.54, 1.807) is 0 Å². The SMILES string of the molecule is CCCN(CC1CC1)c1ccc(O[B]Oc2ccc(N(CCC)CC3CC3)c3ccccc23)c2ccccc12. The average Bonchev–Trinajstić information content (AvgIpc) is 3.90. The van der Waals surface area contributed by atoms with Gasteiger partial charge >= 0.3 is 7.69 Å². The van der Waals surface area contributed by atoms with Crippen LogP contribution in [0.2, 0.25) is 0 Å². The second-order valence-electron chi connectivity index (χ2n) is 11.4. The van der Waals surface area contributed by atoms with E-state index in [0.717, 1.165) is 73.1 Å². The molecule has 6 rings (SSSR count). The van der Waals surface area contributed by atoms with E-state index in [2.05, 4.69) is 96.4 Å². The van der Waals surface area contributed by atoms with E-state index in [1.807, 2.05) is 0 Å². The fraction of sp³-hybridized carbons (Fsp3) is 0.412. The van der Waals surface area contributed by atoms with Crippen molar-refractivity contribution in [3.8, 4) is 11.5 Å². The molecule has 0 saturated heterocycles. The molecule has 2 aliphatic rings. The number of nitrogens with zero attached hydrogens (tertiary/aromatic N) is 2. The van der Waals surface area contributed by atoms with Gasteiger partial charge in [-0.1, -0.05) is 62.4 Å². The van der Waals surface area contributed by atoms with Crippen molar-refractivity contribution >= 4 is 40.6 Å². The largest absolute Gasteiger partial charge is 0.658 e. The lowest BCUT2D eigenvalue weighted by Gasteiger charge is -2.27. The molecule has 2 fully saturated rings. The predicted octanol–water partition coefficient (Wildman–Crippen LogP) is 8.24. The summed E-state index contributed by atoms with van der Waals surface area (Å²) >= 11 is 0. The first kappa shape index (κ1) is 25.9. The molecule has 0 aliphatic heterocycles. The lowest BCUT2D eigenvalue weighted by atomic mass is 10.1. The van der Waals surface area contributed by atoms with Crippen LogP contribution in [-0.2, 0) is 0 Å². The van der Waals surface area contributed by atoms with Gasteiger partial charge in [-0.15, -0.1) is 0 Å². The van der Waals surface area contributed by atoms with E-state index < -0.39 is 0 Å². The number of rotatable bonds is 14. The maximum Gasteiger partial charge on any atom is 0.658 e. The standard InChI is InChI=1S/C34H40BN2O2/c1-3-21-36(23-25-13-14-25)31-17-19-33(29-11-7-5-9-27(29)31)38-35-39-34-20-18-32(28-10-6-8-12-30(28)34)37(22-4-2)24-26-15-16-26/h5-12,17-20,25-26H,3-4,13-16,21-24H2,1-2H3. The molecular formula is C34H40BN2O2. The first-order chi connectivity index (χ1) is 19.2. The Bertz CT molecular complexity index is 1310. The van der Waals surface area contributed by atoms with Crippen LogP contribution in [0.3, 0.4) is 0 Å². The second-order valence-corrected chi connectivity index (χ2v) is 11.4. The van der Waals surface area contributed by atoms with Crippen LogP contribution in [0.5, 0.6) is 11.5 Å². The smallest absolute Gasteiger partial charge is 0.526 e. The zero-order valence-electron chi connectivity index (χ0n) is 23.4. The first-order valence-electron chi connectivity index (χ1n) is 14.9. The molecule has 2 aliphatic carbocycles. The summed E-state index contributed by atoms with van der Waals surface area (Å²) in [5.74, 6) is 3.32. The van der Waals surface area contributed by atoms with Crippen molar-refractivity contribution < 1.29 is 9.31 Å². The van der Waals surface area contributed by atoms with Gasteiger partial charge in [-0.25, -0.2) is 0 Å². The highest BCUT2D eigenvalue weighted by Gasteiger charge is 2.26. The highest BCUT2D eigenvalue weighted by atomic mass is 16.6. The molecular weight excluding hydrogens is 479 g/mol. The molecule has 0 unspecified atom stereocenters.